The van der Waals surface area contributed by atoms with E-state index in [4.69, 9.17) is 13.8 Å². The lowest BCUT2D eigenvalue weighted by molar-refractivity contribution is -0.649. The van der Waals surface area contributed by atoms with Gasteiger partial charge in [-0.15, -0.1) is 0 Å². The summed E-state index contributed by atoms with van der Waals surface area (Å²) < 4.78 is 34.7. The molecule has 5 heterocycles. The molecular weight excluding hydrogens is 747 g/mol. The molecular formula is C53H41BN6O. The number of aromatic nitrogens is 3. The molecule has 0 fully saturated rings. The molecule has 12 rings (SSSR count). The van der Waals surface area contributed by atoms with Crippen molar-refractivity contribution >= 4 is 85.5 Å². The number of anilines is 9. The van der Waals surface area contributed by atoms with E-state index in [-0.39, 0.29) is 12.1 Å². The number of aryl methyl sites for hydroxylation is 1. The van der Waals surface area contributed by atoms with E-state index in [1.165, 1.54) is 26.5 Å². The smallest absolute Gasteiger partial charge is 0.257 e. The average Bonchev–Trinajstić information content (AvgIpc) is 3.71. The Morgan fingerprint density at radius 3 is 1.77 bits per heavy atom. The molecule has 9 aromatic rings. The fourth-order valence-electron chi connectivity index (χ4n) is 9.63. The third kappa shape index (κ3) is 5.38. The molecule has 0 atom stereocenters. The van der Waals surface area contributed by atoms with Gasteiger partial charge < -0.3 is 23.7 Å². The Labute approximate surface area is 360 Å². The Balaban J connectivity index is 1.11. The van der Waals surface area contributed by atoms with Gasteiger partial charge in [-0.25, -0.2) is 4.98 Å². The van der Waals surface area contributed by atoms with Gasteiger partial charge in [-0.2, -0.15) is 0 Å². The lowest BCUT2D eigenvalue weighted by Crippen LogP contribution is -2.64. The lowest BCUT2D eigenvalue weighted by Gasteiger charge is -2.49. The van der Waals surface area contributed by atoms with Crippen LogP contribution < -0.4 is 40.4 Å². The van der Waals surface area contributed by atoms with Gasteiger partial charge in [-0.3, -0.25) is 4.90 Å². The van der Waals surface area contributed by atoms with Gasteiger partial charge in [0.2, 0.25) is 6.33 Å². The minimum absolute atomic E-state index is 0.0933. The van der Waals surface area contributed by atoms with Gasteiger partial charge in [0.15, 0.2) is 0 Å². The van der Waals surface area contributed by atoms with Crippen molar-refractivity contribution in [1.82, 2.24) is 9.55 Å². The third-order valence-corrected chi connectivity index (χ3v) is 12.3. The molecule has 0 spiro atoms. The van der Waals surface area contributed by atoms with Crippen molar-refractivity contribution in [3.63, 3.8) is 0 Å². The van der Waals surface area contributed by atoms with Crippen molar-refractivity contribution in [3.05, 3.63) is 188 Å². The Bertz CT molecular complexity index is 3330. The molecule has 0 N–H and O–H groups in total. The van der Waals surface area contributed by atoms with Crippen LogP contribution in [0.4, 0.5) is 51.3 Å². The summed E-state index contributed by atoms with van der Waals surface area (Å²) in [4.78, 5) is 12.3. The van der Waals surface area contributed by atoms with Crippen molar-refractivity contribution in [2.24, 2.45) is 6.98 Å². The van der Waals surface area contributed by atoms with Crippen LogP contribution in [0.15, 0.2) is 176 Å². The number of imidazole rings is 1. The maximum absolute atomic E-state index is 8.22. The minimum Gasteiger partial charge on any atom is -0.458 e. The van der Waals surface area contributed by atoms with Gasteiger partial charge in [0.05, 0.1) is 27.8 Å². The fraction of sp³-hybridized carbons (Fsp3) is 0.0943. The summed E-state index contributed by atoms with van der Waals surface area (Å²) in [5.41, 5.74) is 15.3. The molecule has 7 nitrogen and oxygen atoms in total. The zero-order valence-electron chi connectivity index (χ0n) is 36.9. The quantitative estimate of drug-likeness (QED) is 0.0953. The van der Waals surface area contributed by atoms with Gasteiger partial charge in [0, 0.05) is 63.8 Å². The number of ether oxygens (including phenoxy) is 1. The first kappa shape index (κ1) is 32.3. The third-order valence-electron chi connectivity index (χ3n) is 12.3. The number of nitrogens with zero attached hydrogens (tertiary/aromatic N) is 6. The largest absolute Gasteiger partial charge is 0.458 e. The predicted molar refractivity (Wildman–Crippen MR) is 249 cm³/mol. The highest BCUT2D eigenvalue weighted by Crippen LogP contribution is 2.51. The van der Waals surface area contributed by atoms with Gasteiger partial charge in [0.1, 0.15) is 17.3 Å². The predicted octanol–water partition coefficient (Wildman–Crippen LogP) is 10.6. The summed E-state index contributed by atoms with van der Waals surface area (Å²) in [6.45, 7) is 4.20. The summed E-state index contributed by atoms with van der Waals surface area (Å²) in [6.07, 6.45) is 5.03. The number of benzene rings is 7. The van der Waals surface area contributed by atoms with Crippen molar-refractivity contribution in [2.45, 2.75) is 26.2 Å². The van der Waals surface area contributed by atoms with E-state index in [1.807, 2.05) is 48.7 Å². The van der Waals surface area contributed by atoms with E-state index in [1.54, 1.807) is 10.6 Å². The van der Waals surface area contributed by atoms with Gasteiger partial charge in [-0.1, -0.05) is 106 Å². The molecule has 7 aromatic carbocycles. The second-order valence-corrected chi connectivity index (χ2v) is 16.9. The first-order valence-corrected chi connectivity index (χ1v) is 20.7. The number of rotatable bonds is 6. The number of hydrogen-bond acceptors (Lipinski definition) is 5. The van der Waals surface area contributed by atoms with Crippen molar-refractivity contribution in [2.75, 3.05) is 14.7 Å². The normalized spacial score (nSPS) is 14.4. The van der Waals surface area contributed by atoms with Crippen molar-refractivity contribution in [3.8, 4) is 17.2 Å². The van der Waals surface area contributed by atoms with Crippen LogP contribution in [0.2, 0.25) is 0 Å². The fourth-order valence-corrected chi connectivity index (χ4v) is 9.63. The van der Waals surface area contributed by atoms with Gasteiger partial charge in [0.25, 0.3) is 6.71 Å². The lowest BCUT2D eigenvalue weighted by atomic mass is 9.32. The maximum Gasteiger partial charge on any atom is 0.257 e. The van der Waals surface area contributed by atoms with Crippen LogP contribution in [-0.2, 0) is 12.4 Å². The van der Waals surface area contributed by atoms with Gasteiger partial charge >= 0.3 is 0 Å². The number of pyridine rings is 1. The Kier molecular flexibility index (Phi) is 7.00. The first-order chi connectivity index (χ1) is 31.0. The van der Waals surface area contributed by atoms with Crippen LogP contribution in [0, 0.1) is 6.33 Å². The number of para-hydroxylation sites is 4. The van der Waals surface area contributed by atoms with E-state index in [9.17, 15) is 0 Å². The zero-order valence-corrected chi connectivity index (χ0v) is 33.9. The summed E-state index contributed by atoms with van der Waals surface area (Å²) in [6, 6.07) is 58.4. The molecule has 0 bridgehead atoms. The van der Waals surface area contributed by atoms with Crippen molar-refractivity contribution < 1.29 is 13.4 Å². The molecule has 0 aliphatic carbocycles. The van der Waals surface area contributed by atoms with E-state index in [2.05, 4.69) is 163 Å². The molecule has 8 heteroatoms. The summed E-state index contributed by atoms with van der Waals surface area (Å²) in [5, 5.41) is 0. The molecule has 3 aliphatic rings. The summed E-state index contributed by atoms with van der Waals surface area (Å²) in [7, 11) is 0. The highest BCUT2D eigenvalue weighted by molar-refractivity contribution is 7.02. The molecule has 2 aromatic heterocycles. The minimum atomic E-state index is -2.40. The maximum atomic E-state index is 8.22. The average molecular weight is 792 g/mol. The Morgan fingerprint density at radius 2 is 1.11 bits per heavy atom. The van der Waals surface area contributed by atoms with Crippen LogP contribution in [0.25, 0.3) is 16.7 Å². The number of fused-ring (bicyclic) bond motifs is 1. The molecule has 61 heavy (non-hydrogen) atoms. The second-order valence-electron chi connectivity index (χ2n) is 16.9. The Morgan fingerprint density at radius 1 is 0.557 bits per heavy atom. The highest BCUT2D eigenvalue weighted by Gasteiger charge is 2.49. The van der Waals surface area contributed by atoms with Crippen LogP contribution in [0.5, 0.6) is 11.5 Å². The van der Waals surface area contributed by atoms with E-state index >= 15 is 0 Å². The standard InChI is InChI=1S/C53H41BN6O/c1-53(2,3)35-28-29-55-49(30-35)60-46-27-15-25-44-51(46)54-50-43(58(44)36-16-7-5-8-17-36)24-14-26-45(50)59(37-18-9-6-10-19-37)47-32-40(33-48(60)52(47)54)61-39-21-13-20-38(31-39)57-34-56(4)41-22-11-12-23-42(41)57/h5-33H,1-4H3/i4D3. The SMILES string of the molecule is [2H]C([2H])([2H])[n+]1[c-]n(-c2cccc(Oc3cc4c5c(c3)N(c3cc(C(C)(C)C)ccn3)c3cccc6c3B5c3c(cccc3N4c3ccccc3)N6c3ccccc3)c2)c2ccccc21. The first-order valence-electron chi connectivity index (χ1n) is 22.2. The number of hydrogen-bond donors (Lipinski definition) is 0. The van der Waals surface area contributed by atoms with Crippen LogP contribution in [-0.4, -0.2) is 16.3 Å². The van der Waals surface area contributed by atoms with Crippen LogP contribution in [0.3, 0.4) is 0 Å². The van der Waals surface area contributed by atoms with E-state index < -0.39 is 6.98 Å². The molecule has 3 aliphatic heterocycles. The topological polar surface area (TPSA) is 40.7 Å². The van der Waals surface area contributed by atoms with E-state index in [0.29, 0.717) is 17.0 Å². The second kappa shape index (κ2) is 13.2. The molecule has 0 amide bonds. The summed E-state index contributed by atoms with van der Waals surface area (Å²) in [5.74, 6) is 2.05. The van der Waals surface area contributed by atoms with E-state index in [0.717, 1.165) is 62.5 Å². The zero-order chi connectivity index (χ0) is 43.5. The van der Waals surface area contributed by atoms with Crippen LogP contribution in [0.1, 0.15) is 30.4 Å². The monoisotopic (exact) mass is 791 g/mol. The van der Waals surface area contributed by atoms with Crippen LogP contribution >= 0.6 is 0 Å². The molecule has 0 saturated heterocycles. The molecule has 0 saturated carbocycles. The highest BCUT2D eigenvalue weighted by atomic mass is 16.5. The van der Waals surface area contributed by atoms with Crippen molar-refractivity contribution in [1.29, 1.82) is 0 Å². The molecule has 292 valence electrons. The molecule has 0 unspecified atom stereocenters. The van der Waals surface area contributed by atoms with Gasteiger partial charge in [-0.05, 0) is 100 Å². The Hall–Kier alpha value is -7.58. The molecule has 0 radical (unpaired) electrons. The summed E-state index contributed by atoms with van der Waals surface area (Å²) >= 11 is 0.